The molecule has 4 rings (SSSR count). The van der Waals surface area contributed by atoms with Gasteiger partial charge in [0.05, 0.1) is 17.8 Å². The van der Waals surface area contributed by atoms with E-state index in [4.69, 9.17) is 0 Å². The van der Waals surface area contributed by atoms with Crippen molar-refractivity contribution in [3.05, 3.63) is 70.8 Å². The van der Waals surface area contributed by atoms with Crippen molar-refractivity contribution in [2.75, 3.05) is 13.1 Å². The van der Waals surface area contributed by atoms with E-state index in [2.05, 4.69) is 4.98 Å². The number of hydrogen-bond donors (Lipinski definition) is 1. The number of halogens is 1. The number of nitrogens with zero attached hydrogens (tertiary/aromatic N) is 2. The Morgan fingerprint density at radius 1 is 1.21 bits per heavy atom. The van der Waals surface area contributed by atoms with E-state index >= 15 is 0 Å². The molecule has 5 heteroatoms. The van der Waals surface area contributed by atoms with Gasteiger partial charge in [0, 0.05) is 30.3 Å². The third-order valence-corrected chi connectivity index (χ3v) is 5.56. The van der Waals surface area contributed by atoms with Gasteiger partial charge >= 0.3 is 0 Å². The number of piperidine rings is 1. The summed E-state index contributed by atoms with van der Waals surface area (Å²) in [5, 5.41) is 10.5. The Kier molecular flexibility index (Phi) is 5.38. The van der Waals surface area contributed by atoms with Crippen LogP contribution in [0.4, 0.5) is 4.39 Å². The highest BCUT2D eigenvalue weighted by atomic mass is 19.1. The van der Waals surface area contributed by atoms with E-state index in [1.165, 1.54) is 6.07 Å². The van der Waals surface area contributed by atoms with Crippen molar-refractivity contribution in [3.8, 4) is 0 Å². The minimum atomic E-state index is -0.602. The molecule has 1 aromatic carbocycles. The Morgan fingerprint density at radius 2 is 2.00 bits per heavy atom. The van der Waals surface area contributed by atoms with Gasteiger partial charge in [-0.25, -0.2) is 4.39 Å². The molecule has 2 unspecified atom stereocenters. The van der Waals surface area contributed by atoms with Gasteiger partial charge in [0.2, 0.25) is 0 Å². The van der Waals surface area contributed by atoms with Crippen molar-refractivity contribution in [1.82, 2.24) is 9.88 Å². The van der Waals surface area contributed by atoms with E-state index in [9.17, 15) is 14.3 Å². The maximum absolute atomic E-state index is 14.6. The first-order valence-electron chi connectivity index (χ1n) is 9.87. The van der Waals surface area contributed by atoms with Crippen LogP contribution in [0.15, 0.2) is 48.0 Å². The predicted molar refractivity (Wildman–Crippen MR) is 106 cm³/mol. The molecule has 146 valence electrons. The minimum Gasteiger partial charge on any atom is -0.389 e. The molecule has 1 aliphatic heterocycles. The largest absolute Gasteiger partial charge is 0.389 e. The standard InChI is InChI=1S/C23H25FN2O2/c1-15-5-4-6-18(25-15)13-17-14-26(12-11-21(17)27)22(23(28)16-9-10-16)19-7-2-3-8-20(19)24/h2-8,13,16,21-22,27H,9-12,14H2,1H3/b17-13+. The maximum atomic E-state index is 14.6. The van der Waals surface area contributed by atoms with Gasteiger partial charge in [0.1, 0.15) is 5.82 Å². The summed E-state index contributed by atoms with van der Waals surface area (Å²) in [5.41, 5.74) is 2.94. The molecule has 1 saturated carbocycles. The molecule has 2 atom stereocenters. The third-order valence-electron chi connectivity index (χ3n) is 5.56. The lowest BCUT2D eigenvalue weighted by molar-refractivity contribution is -0.126. The third kappa shape index (κ3) is 4.05. The molecule has 1 saturated heterocycles. The monoisotopic (exact) mass is 380 g/mol. The number of carbonyl (C=O) groups excluding carboxylic acids is 1. The summed E-state index contributed by atoms with van der Waals surface area (Å²) in [5.74, 6) is -0.227. The topological polar surface area (TPSA) is 53.4 Å². The molecule has 2 heterocycles. The molecule has 2 fully saturated rings. The van der Waals surface area contributed by atoms with E-state index in [0.29, 0.717) is 25.1 Å². The van der Waals surface area contributed by atoms with Crippen LogP contribution in [0.2, 0.25) is 0 Å². The van der Waals surface area contributed by atoms with Gasteiger partial charge in [-0.1, -0.05) is 24.3 Å². The van der Waals surface area contributed by atoms with E-state index in [1.807, 2.05) is 36.1 Å². The SMILES string of the molecule is Cc1cccc(/C=C2\CN(C(C(=O)C3CC3)c3ccccc3F)CCC2O)n1. The summed E-state index contributed by atoms with van der Waals surface area (Å²) in [4.78, 5) is 19.5. The second-order valence-electron chi connectivity index (χ2n) is 7.80. The van der Waals surface area contributed by atoms with E-state index in [0.717, 1.165) is 29.8 Å². The molecule has 2 aliphatic rings. The number of likely N-dealkylation sites (tertiary alicyclic amines) is 1. The number of ketones is 1. The normalized spacial score (nSPS) is 23.0. The summed E-state index contributed by atoms with van der Waals surface area (Å²) in [6.45, 7) is 2.90. The molecule has 2 aromatic rings. The van der Waals surface area contributed by atoms with Crippen molar-refractivity contribution in [1.29, 1.82) is 0 Å². The number of aliphatic hydroxyl groups excluding tert-OH is 1. The van der Waals surface area contributed by atoms with Gasteiger partial charge in [-0.15, -0.1) is 0 Å². The number of pyridine rings is 1. The van der Waals surface area contributed by atoms with Crippen molar-refractivity contribution in [2.24, 2.45) is 5.92 Å². The van der Waals surface area contributed by atoms with Crippen LogP contribution in [0.1, 0.15) is 42.3 Å². The quantitative estimate of drug-likeness (QED) is 0.859. The second kappa shape index (κ2) is 7.94. The highest BCUT2D eigenvalue weighted by Crippen LogP contribution is 2.39. The Morgan fingerprint density at radius 3 is 2.71 bits per heavy atom. The number of rotatable bonds is 5. The summed E-state index contributed by atoms with van der Waals surface area (Å²) < 4.78 is 14.6. The predicted octanol–water partition coefficient (Wildman–Crippen LogP) is 3.70. The first-order chi connectivity index (χ1) is 13.5. The Balaban J connectivity index is 1.65. The van der Waals surface area contributed by atoms with E-state index in [1.54, 1.807) is 18.2 Å². The Hall–Kier alpha value is -2.37. The van der Waals surface area contributed by atoms with Crippen LogP contribution in [-0.2, 0) is 4.79 Å². The number of carbonyl (C=O) groups is 1. The lowest BCUT2D eigenvalue weighted by atomic mass is 9.92. The second-order valence-corrected chi connectivity index (χ2v) is 7.80. The Labute approximate surface area is 164 Å². The minimum absolute atomic E-state index is 0.0299. The zero-order chi connectivity index (χ0) is 19.7. The number of Topliss-reactive ketones (excluding diaryl/α,β-unsaturated/α-hetero) is 1. The first-order valence-corrected chi connectivity index (χ1v) is 9.87. The zero-order valence-corrected chi connectivity index (χ0v) is 16.0. The summed E-state index contributed by atoms with van der Waals surface area (Å²) in [6.07, 6.45) is 3.60. The smallest absolute Gasteiger partial charge is 0.157 e. The average Bonchev–Trinajstić information content (AvgIpc) is 3.51. The highest BCUT2D eigenvalue weighted by Gasteiger charge is 2.40. The fourth-order valence-corrected chi connectivity index (χ4v) is 3.91. The number of aryl methyl sites for hydroxylation is 1. The van der Waals surface area contributed by atoms with Gasteiger partial charge in [0.15, 0.2) is 5.78 Å². The van der Waals surface area contributed by atoms with Crippen molar-refractivity contribution >= 4 is 11.9 Å². The molecule has 0 bridgehead atoms. The number of aliphatic hydroxyl groups is 1. The lowest BCUT2D eigenvalue weighted by Gasteiger charge is -2.37. The molecule has 4 nitrogen and oxygen atoms in total. The molecule has 1 aliphatic carbocycles. The van der Waals surface area contributed by atoms with Gasteiger partial charge < -0.3 is 5.11 Å². The highest BCUT2D eigenvalue weighted by molar-refractivity contribution is 5.89. The Bertz CT molecular complexity index is 907. The van der Waals surface area contributed by atoms with Gasteiger partial charge in [-0.3, -0.25) is 14.7 Å². The lowest BCUT2D eigenvalue weighted by Crippen LogP contribution is -2.43. The molecule has 0 spiro atoms. The van der Waals surface area contributed by atoms with Gasteiger partial charge in [0.25, 0.3) is 0 Å². The zero-order valence-electron chi connectivity index (χ0n) is 16.0. The molecular weight excluding hydrogens is 355 g/mol. The van der Waals surface area contributed by atoms with Crippen molar-refractivity contribution in [3.63, 3.8) is 0 Å². The van der Waals surface area contributed by atoms with Crippen LogP contribution in [0.3, 0.4) is 0 Å². The summed E-state index contributed by atoms with van der Waals surface area (Å²) >= 11 is 0. The molecule has 1 N–H and O–H groups in total. The molecule has 0 amide bonds. The first kappa shape index (κ1) is 19.0. The summed E-state index contributed by atoms with van der Waals surface area (Å²) in [6, 6.07) is 11.7. The van der Waals surface area contributed by atoms with Crippen LogP contribution < -0.4 is 0 Å². The fourth-order valence-electron chi connectivity index (χ4n) is 3.91. The number of benzene rings is 1. The fraction of sp³-hybridized carbons (Fsp3) is 0.391. The van der Waals surface area contributed by atoms with Crippen LogP contribution in [0, 0.1) is 18.7 Å². The van der Waals surface area contributed by atoms with Gasteiger partial charge in [-0.2, -0.15) is 0 Å². The van der Waals surface area contributed by atoms with E-state index in [-0.39, 0.29) is 17.5 Å². The molecule has 0 radical (unpaired) electrons. The molecular formula is C23H25FN2O2. The molecule has 1 aromatic heterocycles. The maximum Gasteiger partial charge on any atom is 0.157 e. The van der Waals surface area contributed by atoms with Crippen molar-refractivity contribution < 1.29 is 14.3 Å². The van der Waals surface area contributed by atoms with Crippen LogP contribution in [0.25, 0.3) is 6.08 Å². The van der Waals surface area contributed by atoms with Crippen molar-refractivity contribution in [2.45, 2.75) is 38.3 Å². The van der Waals surface area contributed by atoms with E-state index < -0.39 is 12.1 Å². The van der Waals surface area contributed by atoms with Crippen LogP contribution in [0.5, 0.6) is 0 Å². The molecule has 28 heavy (non-hydrogen) atoms. The van der Waals surface area contributed by atoms with Gasteiger partial charge in [-0.05, 0) is 56.0 Å². The van der Waals surface area contributed by atoms with Crippen LogP contribution >= 0.6 is 0 Å². The number of aromatic nitrogens is 1. The number of hydrogen-bond acceptors (Lipinski definition) is 4. The van der Waals surface area contributed by atoms with Crippen LogP contribution in [-0.4, -0.2) is 40.0 Å². The summed E-state index contributed by atoms with van der Waals surface area (Å²) in [7, 11) is 0. The average molecular weight is 380 g/mol.